The molecule has 0 heterocycles. The molecule has 0 amide bonds. The van der Waals surface area contributed by atoms with E-state index in [-0.39, 0.29) is 12.4 Å². The lowest BCUT2D eigenvalue weighted by molar-refractivity contribution is -0.153. The van der Waals surface area contributed by atoms with Crippen molar-refractivity contribution < 1.29 is 14.3 Å². The molecule has 1 atom stereocenters. The topological polar surface area (TPSA) is 43.4 Å². The van der Waals surface area contributed by atoms with Crippen LogP contribution >= 0.6 is 0 Å². The fourth-order valence-corrected chi connectivity index (χ4v) is 6.02. The number of hydrogen-bond acceptors (Lipinski definition) is 3. The molecular formula is C30H24O3. The summed E-state index contributed by atoms with van der Waals surface area (Å²) in [4.78, 5) is 26.8. The summed E-state index contributed by atoms with van der Waals surface area (Å²) in [5.74, 6) is -0.579. The van der Waals surface area contributed by atoms with Crippen LogP contribution in [0.25, 0.3) is 33.0 Å². The van der Waals surface area contributed by atoms with Gasteiger partial charge in [-0.15, -0.1) is 0 Å². The smallest absolute Gasteiger partial charge is 0.324 e. The van der Waals surface area contributed by atoms with Gasteiger partial charge in [-0.1, -0.05) is 72.8 Å². The van der Waals surface area contributed by atoms with Gasteiger partial charge in [-0.2, -0.15) is 0 Å². The Hall–Kier alpha value is -3.72. The first-order valence-electron chi connectivity index (χ1n) is 11.5. The van der Waals surface area contributed by atoms with Crippen LogP contribution in [0.3, 0.4) is 0 Å². The van der Waals surface area contributed by atoms with Crippen molar-refractivity contribution in [1.29, 1.82) is 0 Å². The Balaban J connectivity index is 1.81. The van der Waals surface area contributed by atoms with Gasteiger partial charge in [-0.25, -0.2) is 0 Å². The number of carbonyl (C=O) groups is 2. The Morgan fingerprint density at radius 3 is 2.36 bits per heavy atom. The summed E-state index contributed by atoms with van der Waals surface area (Å²) < 4.78 is 5.54. The van der Waals surface area contributed by atoms with Crippen LogP contribution in [-0.2, 0) is 32.6 Å². The lowest BCUT2D eigenvalue weighted by Gasteiger charge is -2.28. The Morgan fingerprint density at radius 2 is 1.61 bits per heavy atom. The van der Waals surface area contributed by atoms with E-state index in [9.17, 15) is 9.59 Å². The summed E-state index contributed by atoms with van der Waals surface area (Å²) in [6.45, 7) is 3.58. The molecule has 0 fully saturated rings. The maximum atomic E-state index is 13.5. The first kappa shape index (κ1) is 19.9. The summed E-state index contributed by atoms with van der Waals surface area (Å²) in [5.41, 5.74) is 7.59. The van der Waals surface area contributed by atoms with E-state index in [0.29, 0.717) is 12.8 Å². The van der Waals surface area contributed by atoms with Gasteiger partial charge in [-0.3, -0.25) is 9.59 Å². The van der Waals surface area contributed by atoms with Crippen molar-refractivity contribution >= 4 is 22.5 Å². The van der Waals surface area contributed by atoms with Crippen molar-refractivity contribution in [2.45, 2.75) is 32.1 Å². The molecule has 162 valence electrons. The maximum Gasteiger partial charge on any atom is 0.324 e. The van der Waals surface area contributed by atoms with Crippen LogP contribution in [0.4, 0.5) is 0 Å². The largest absolute Gasteiger partial charge is 0.465 e. The van der Waals surface area contributed by atoms with Crippen LogP contribution in [0.15, 0.2) is 72.8 Å². The zero-order valence-corrected chi connectivity index (χ0v) is 18.8. The highest BCUT2D eigenvalue weighted by Gasteiger charge is 2.54. The number of fused-ring (bicyclic) bond motifs is 4. The molecule has 1 unspecified atom stereocenters. The first-order chi connectivity index (χ1) is 16.1. The summed E-state index contributed by atoms with van der Waals surface area (Å²) >= 11 is 0. The zero-order valence-electron chi connectivity index (χ0n) is 18.8. The molecule has 0 saturated carbocycles. The summed E-state index contributed by atoms with van der Waals surface area (Å²) in [7, 11) is 0. The molecule has 0 aliphatic heterocycles. The first-order valence-corrected chi connectivity index (χ1v) is 11.5. The van der Waals surface area contributed by atoms with Crippen molar-refractivity contribution in [2.75, 3.05) is 6.61 Å². The second-order valence-corrected chi connectivity index (χ2v) is 9.00. The minimum Gasteiger partial charge on any atom is -0.465 e. The van der Waals surface area contributed by atoms with Crippen molar-refractivity contribution in [1.82, 2.24) is 0 Å². The highest BCUT2D eigenvalue weighted by Crippen LogP contribution is 2.55. The van der Waals surface area contributed by atoms with Gasteiger partial charge in [0.05, 0.1) is 6.61 Å². The van der Waals surface area contributed by atoms with Gasteiger partial charge in [-0.05, 0) is 75.5 Å². The van der Waals surface area contributed by atoms with E-state index in [1.807, 2.05) is 12.1 Å². The molecule has 0 radical (unpaired) electrons. The van der Waals surface area contributed by atoms with E-state index in [4.69, 9.17) is 4.74 Å². The van der Waals surface area contributed by atoms with Gasteiger partial charge >= 0.3 is 5.97 Å². The zero-order chi connectivity index (χ0) is 22.7. The Morgan fingerprint density at radius 1 is 0.879 bits per heavy atom. The van der Waals surface area contributed by atoms with Crippen LogP contribution < -0.4 is 0 Å². The van der Waals surface area contributed by atoms with Crippen LogP contribution in [0.5, 0.6) is 0 Å². The minimum atomic E-state index is -1.29. The number of esters is 1. The molecule has 0 saturated heterocycles. The summed E-state index contributed by atoms with van der Waals surface area (Å²) in [6, 6.07) is 25.1. The lowest BCUT2D eigenvalue weighted by atomic mass is 9.73. The van der Waals surface area contributed by atoms with Crippen molar-refractivity contribution in [3.05, 3.63) is 95.1 Å². The number of benzene rings is 4. The highest BCUT2D eigenvalue weighted by molar-refractivity contribution is 6.20. The number of rotatable bonds is 4. The maximum absolute atomic E-state index is 13.5. The molecular weight excluding hydrogens is 408 g/mol. The molecule has 0 N–H and O–H groups in total. The number of Topliss-reactive ketones (excluding diaryl/α,β-unsaturated/α-hetero) is 1. The second kappa shape index (κ2) is 7.14. The van der Waals surface area contributed by atoms with Crippen LogP contribution in [-0.4, -0.2) is 18.4 Å². The van der Waals surface area contributed by atoms with Crippen molar-refractivity contribution in [3.8, 4) is 22.3 Å². The van der Waals surface area contributed by atoms with E-state index in [1.165, 1.54) is 23.6 Å². The Kier molecular flexibility index (Phi) is 4.31. The second-order valence-electron chi connectivity index (χ2n) is 9.00. The third kappa shape index (κ3) is 2.56. The predicted molar refractivity (Wildman–Crippen MR) is 130 cm³/mol. The van der Waals surface area contributed by atoms with Gasteiger partial charge in [0.1, 0.15) is 0 Å². The van der Waals surface area contributed by atoms with Crippen molar-refractivity contribution in [2.24, 2.45) is 0 Å². The quantitative estimate of drug-likeness (QED) is 0.257. The number of ketones is 1. The molecule has 0 bridgehead atoms. The molecule has 4 aromatic rings. The third-order valence-corrected chi connectivity index (χ3v) is 7.35. The van der Waals surface area contributed by atoms with Crippen LogP contribution in [0, 0.1) is 0 Å². The van der Waals surface area contributed by atoms with E-state index in [2.05, 4.69) is 60.7 Å². The highest BCUT2D eigenvalue weighted by atomic mass is 16.5. The van der Waals surface area contributed by atoms with Crippen LogP contribution in [0.2, 0.25) is 0 Å². The molecule has 33 heavy (non-hydrogen) atoms. The van der Waals surface area contributed by atoms with Gasteiger partial charge in [0.2, 0.25) is 0 Å². The Bertz CT molecular complexity index is 1470. The lowest BCUT2D eigenvalue weighted by Crippen LogP contribution is -2.44. The van der Waals surface area contributed by atoms with Gasteiger partial charge in [0, 0.05) is 6.42 Å². The predicted octanol–water partition coefficient (Wildman–Crippen LogP) is 6.02. The normalized spacial score (nSPS) is 17.6. The fraction of sp³-hybridized carbons (Fsp3) is 0.200. The fourth-order valence-electron chi connectivity index (χ4n) is 6.02. The number of ether oxygens (including phenoxy) is 1. The molecule has 2 aliphatic carbocycles. The molecule has 3 heteroatoms. The third-order valence-electron chi connectivity index (χ3n) is 7.35. The molecule has 0 aromatic heterocycles. The standard InChI is InChI=1S/C30H24O3/c1-3-33-29(32)30(18(2)31)17-21-13-9-15-23-25(19-10-5-4-6-11-19)27-22-14-8-7-12-20(22)16-24(27)28(30)26(21)23/h4-15H,3,16-17H2,1-2H3. The van der Waals surface area contributed by atoms with E-state index in [0.717, 1.165) is 38.6 Å². The van der Waals surface area contributed by atoms with Gasteiger partial charge in [0.25, 0.3) is 0 Å². The molecule has 0 spiro atoms. The van der Waals surface area contributed by atoms with Crippen LogP contribution in [0.1, 0.15) is 36.1 Å². The molecule has 6 rings (SSSR count). The van der Waals surface area contributed by atoms with E-state index >= 15 is 0 Å². The average Bonchev–Trinajstić information content (AvgIpc) is 3.38. The average molecular weight is 433 g/mol. The molecule has 4 aromatic carbocycles. The minimum absolute atomic E-state index is 0.149. The van der Waals surface area contributed by atoms with Gasteiger partial charge < -0.3 is 4.74 Å². The Labute approximate surface area is 193 Å². The summed E-state index contributed by atoms with van der Waals surface area (Å²) in [5, 5.41) is 2.14. The van der Waals surface area contributed by atoms with E-state index in [1.54, 1.807) is 6.92 Å². The van der Waals surface area contributed by atoms with Gasteiger partial charge in [0.15, 0.2) is 11.2 Å². The SMILES string of the molecule is CCOC(=O)C1(C(C)=O)Cc2cccc3c(-c4ccccc4)c4c(c1c23)Cc1ccccc1-4. The molecule has 2 aliphatic rings. The number of carbonyl (C=O) groups excluding carboxylic acids is 2. The monoisotopic (exact) mass is 432 g/mol. The molecule has 3 nitrogen and oxygen atoms in total. The summed E-state index contributed by atoms with van der Waals surface area (Å²) in [6.07, 6.45) is 1.06. The number of hydrogen-bond donors (Lipinski definition) is 0. The van der Waals surface area contributed by atoms with Crippen molar-refractivity contribution in [3.63, 3.8) is 0 Å². The van der Waals surface area contributed by atoms with E-state index < -0.39 is 11.4 Å².